The molecule has 2 amide bonds. The average molecular weight is 635 g/mol. The van der Waals surface area contributed by atoms with Gasteiger partial charge >= 0.3 is 5.97 Å². The molecule has 2 aromatic rings. The van der Waals surface area contributed by atoms with Crippen LogP contribution in [0.4, 0.5) is 5.69 Å². The van der Waals surface area contributed by atoms with Crippen molar-refractivity contribution in [2.24, 2.45) is 11.8 Å². The van der Waals surface area contributed by atoms with Crippen LogP contribution in [0, 0.1) is 11.8 Å². The molecule has 3 heterocycles. The summed E-state index contributed by atoms with van der Waals surface area (Å²) >= 11 is 6.17. The van der Waals surface area contributed by atoms with E-state index in [4.69, 9.17) is 21.1 Å². The Bertz CT molecular complexity index is 1400. The standard InChI is InChI=1S/C36H43ClN2O6/c1-4-7-8-12-22-44-34(43)30-29-32(41)39(28(24-40)23-25-13-10-9-11-14-25)31(36(29)20-19-35(30,6-3)45-36)33(42)38(21-5-2)27-17-15-26(37)16-18-27/h4-5,9-11,13-18,28-31,40H,1-2,6-8,12,19-24H2,3H3/t28-,29+,30+,31?,35-,36?/m1/s1. The van der Waals surface area contributed by atoms with Crippen molar-refractivity contribution in [3.63, 3.8) is 0 Å². The van der Waals surface area contributed by atoms with E-state index >= 15 is 0 Å². The van der Waals surface area contributed by atoms with Crippen LogP contribution < -0.4 is 4.90 Å². The molecule has 8 nitrogen and oxygen atoms in total. The van der Waals surface area contributed by atoms with Crippen molar-refractivity contribution in [2.45, 2.75) is 75.2 Å². The molecule has 3 aliphatic rings. The molecule has 3 aliphatic heterocycles. The number of halogens is 1. The molecule has 2 bridgehead atoms. The molecule has 9 heteroatoms. The fourth-order valence-corrected chi connectivity index (χ4v) is 7.82. The van der Waals surface area contributed by atoms with Gasteiger partial charge in [0.25, 0.3) is 5.91 Å². The van der Waals surface area contributed by atoms with Gasteiger partial charge in [-0.15, -0.1) is 13.2 Å². The minimum absolute atomic E-state index is 0.178. The monoisotopic (exact) mass is 634 g/mol. The number of carbonyl (C=O) groups is 3. The summed E-state index contributed by atoms with van der Waals surface area (Å²) in [6, 6.07) is 14.7. The number of esters is 1. The Labute approximate surface area is 270 Å². The highest BCUT2D eigenvalue weighted by atomic mass is 35.5. The van der Waals surface area contributed by atoms with Gasteiger partial charge in [-0.1, -0.05) is 61.0 Å². The summed E-state index contributed by atoms with van der Waals surface area (Å²) in [5.41, 5.74) is -0.669. The van der Waals surface area contributed by atoms with Crippen molar-refractivity contribution in [1.29, 1.82) is 0 Å². The maximum atomic E-state index is 14.9. The summed E-state index contributed by atoms with van der Waals surface area (Å²) in [6.45, 7) is 9.61. The third-order valence-electron chi connectivity index (χ3n) is 9.79. The van der Waals surface area contributed by atoms with Gasteiger partial charge in [-0.3, -0.25) is 14.4 Å². The predicted octanol–water partition coefficient (Wildman–Crippen LogP) is 5.52. The molecule has 1 N–H and O–H groups in total. The lowest BCUT2D eigenvalue weighted by Gasteiger charge is -2.39. The van der Waals surface area contributed by atoms with Crippen LogP contribution in [-0.2, 0) is 30.3 Å². The smallest absolute Gasteiger partial charge is 0.312 e. The van der Waals surface area contributed by atoms with E-state index in [9.17, 15) is 19.5 Å². The highest BCUT2D eigenvalue weighted by Gasteiger charge is 2.79. The van der Waals surface area contributed by atoms with Gasteiger partial charge in [0.2, 0.25) is 5.91 Å². The maximum absolute atomic E-state index is 14.9. The second-order valence-corrected chi connectivity index (χ2v) is 12.7. The first kappa shape index (κ1) is 32.9. The minimum Gasteiger partial charge on any atom is -0.465 e. The zero-order valence-electron chi connectivity index (χ0n) is 25.9. The van der Waals surface area contributed by atoms with Crippen LogP contribution in [0.5, 0.6) is 0 Å². The molecule has 1 spiro atoms. The molecular formula is C36H43ClN2O6. The second-order valence-electron chi connectivity index (χ2n) is 12.3. The summed E-state index contributed by atoms with van der Waals surface area (Å²) in [4.78, 5) is 46.6. The van der Waals surface area contributed by atoms with Gasteiger partial charge in [-0.2, -0.15) is 0 Å². The Hall–Kier alpha value is -3.46. The van der Waals surface area contributed by atoms with E-state index < -0.39 is 41.1 Å². The number of allylic oxidation sites excluding steroid dienone is 1. The first-order chi connectivity index (χ1) is 21.8. The van der Waals surface area contributed by atoms with Crippen LogP contribution >= 0.6 is 11.6 Å². The Morgan fingerprint density at radius 1 is 1.13 bits per heavy atom. The highest BCUT2D eigenvalue weighted by molar-refractivity contribution is 6.30. The average Bonchev–Trinajstić information content (AvgIpc) is 3.66. The van der Waals surface area contributed by atoms with Crippen LogP contribution in [-0.4, -0.2) is 70.8 Å². The van der Waals surface area contributed by atoms with Crippen molar-refractivity contribution in [3.05, 3.63) is 90.5 Å². The molecule has 2 unspecified atom stereocenters. The van der Waals surface area contributed by atoms with E-state index in [-0.39, 0.29) is 31.6 Å². The molecule has 0 radical (unpaired) electrons. The SMILES string of the molecule is C=CCCCCOC(=O)[C@@H]1[C@H]2C(=O)N([C@@H](CO)Cc3ccccc3)C(C(=O)N(CC=C)c3ccc(Cl)cc3)C23CC[C@@]1(CC)O3. The number of hydrogen-bond donors (Lipinski definition) is 1. The van der Waals surface area contributed by atoms with Crippen LogP contribution in [0.15, 0.2) is 79.9 Å². The Morgan fingerprint density at radius 3 is 2.51 bits per heavy atom. The summed E-state index contributed by atoms with van der Waals surface area (Å²) in [5, 5.41) is 11.3. The van der Waals surface area contributed by atoms with Crippen LogP contribution in [0.1, 0.15) is 51.0 Å². The lowest BCUT2D eigenvalue weighted by atomic mass is 9.65. The Kier molecular flexibility index (Phi) is 10.2. The number of rotatable bonds is 15. The summed E-state index contributed by atoms with van der Waals surface area (Å²) in [6.07, 6.45) is 7.58. The number of ether oxygens (including phenoxy) is 2. The first-order valence-corrected chi connectivity index (χ1v) is 16.3. The van der Waals surface area contributed by atoms with Gasteiger partial charge in [0.1, 0.15) is 17.6 Å². The van der Waals surface area contributed by atoms with E-state index in [1.165, 1.54) is 4.90 Å². The quantitative estimate of drug-likeness (QED) is 0.158. The Balaban J connectivity index is 1.57. The van der Waals surface area contributed by atoms with Gasteiger partial charge < -0.3 is 24.4 Å². The molecule has 3 saturated heterocycles. The first-order valence-electron chi connectivity index (χ1n) is 15.9. The molecule has 0 aliphatic carbocycles. The maximum Gasteiger partial charge on any atom is 0.312 e. The van der Waals surface area contributed by atoms with Gasteiger partial charge in [0.05, 0.1) is 30.8 Å². The second kappa shape index (κ2) is 13.9. The number of carbonyl (C=O) groups excluding carboxylic acids is 3. The number of aliphatic hydroxyl groups excluding tert-OH is 1. The predicted molar refractivity (Wildman–Crippen MR) is 174 cm³/mol. The van der Waals surface area contributed by atoms with Crippen LogP contribution in [0.2, 0.25) is 5.02 Å². The van der Waals surface area contributed by atoms with Gasteiger partial charge in [0, 0.05) is 17.3 Å². The lowest BCUT2D eigenvalue weighted by molar-refractivity contribution is -0.162. The molecule has 6 atom stereocenters. The van der Waals surface area contributed by atoms with E-state index in [1.54, 1.807) is 35.2 Å². The van der Waals surface area contributed by atoms with Crippen molar-refractivity contribution < 1.29 is 29.0 Å². The van der Waals surface area contributed by atoms with Gasteiger partial charge in [-0.05, 0) is 74.8 Å². The molecule has 0 saturated carbocycles. The van der Waals surface area contributed by atoms with Gasteiger partial charge in [0.15, 0.2) is 0 Å². The third-order valence-corrected chi connectivity index (χ3v) is 10.0. The molecule has 240 valence electrons. The number of likely N-dealkylation sites (tertiary alicyclic amines) is 1. The summed E-state index contributed by atoms with van der Waals surface area (Å²) in [7, 11) is 0. The molecule has 3 fully saturated rings. The zero-order valence-corrected chi connectivity index (χ0v) is 26.7. The number of aliphatic hydroxyl groups is 1. The van der Waals surface area contributed by atoms with Crippen molar-refractivity contribution in [2.75, 3.05) is 24.7 Å². The molecular weight excluding hydrogens is 592 g/mol. The molecule has 0 aromatic heterocycles. The minimum atomic E-state index is -1.26. The van der Waals surface area contributed by atoms with Crippen molar-refractivity contribution in [3.8, 4) is 0 Å². The summed E-state index contributed by atoms with van der Waals surface area (Å²) < 4.78 is 12.7. The third kappa shape index (κ3) is 5.96. The normalized spacial score (nSPS) is 27.2. The topological polar surface area (TPSA) is 96.4 Å². The number of amides is 2. The fraction of sp³-hybridized carbons (Fsp3) is 0.472. The van der Waals surface area contributed by atoms with Gasteiger partial charge in [-0.25, -0.2) is 0 Å². The zero-order chi connectivity index (χ0) is 32.2. The number of benzene rings is 2. The van der Waals surface area contributed by atoms with E-state index in [2.05, 4.69) is 13.2 Å². The largest absolute Gasteiger partial charge is 0.465 e. The molecule has 5 rings (SSSR count). The number of nitrogens with zero attached hydrogens (tertiary/aromatic N) is 2. The lowest BCUT2D eigenvalue weighted by Crippen LogP contribution is -2.59. The number of anilines is 1. The van der Waals surface area contributed by atoms with Crippen LogP contribution in [0.3, 0.4) is 0 Å². The Morgan fingerprint density at radius 2 is 1.87 bits per heavy atom. The summed E-state index contributed by atoms with van der Waals surface area (Å²) in [5.74, 6) is -2.96. The highest BCUT2D eigenvalue weighted by Crippen LogP contribution is 2.65. The number of hydrogen-bond acceptors (Lipinski definition) is 6. The number of fused-ring (bicyclic) bond motifs is 1. The van der Waals surface area contributed by atoms with Crippen LogP contribution in [0.25, 0.3) is 0 Å². The fourth-order valence-electron chi connectivity index (χ4n) is 7.70. The van der Waals surface area contributed by atoms with E-state index in [0.717, 1.165) is 18.4 Å². The number of unbranched alkanes of at least 4 members (excludes halogenated alkanes) is 2. The van der Waals surface area contributed by atoms with E-state index in [1.807, 2.05) is 43.3 Å². The van der Waals surface area contributed by atoms with Crippen molar-refractivity contribution in [1.82, 2.24) is 4.90 Å². The molecule has 2 aromatic carbocycles. The molecule has 45 heavy (non-hydrogen) atoms. The van der Waals surface area contributed by atoms with Crippen molar-refractivity contribution >= 4 is 35.1 Å². The van der Waals surface area contributed by atoms with E-state index in [0.29, 0.717) is 42.8 Å².